The summed E-state index contributed by atoms with van der Waals surface area (Å²) in [6.07, 6.45) is -3.86. The summed E-state index contributed by atoms with van der Waals surface area (Å²) >= 11 is 3.25. The SMILES string of the molecule is [C-]#[N+]C(c1cc(Br)ccc1-n1cc(C(F)(F)F)nc1C)S(=O)(=O)c1ccc(C)cc1. The first-order valence-electron chi connectivity index (χ1n) is 8.55. The molecule has 0 amide bonds. The van der Waals surface area contributed by atoms with Gasteiger partial charge in [-0.15, -0.1) is 0 Å². The Balaban J connectivity index is 2.21. The molecule has 30 heavy (non-hydrogen) atoms. The molecule has 1 unspecified atom stereocenters. The van der Waals surface area contributed by atoms with E-state index in [2.05, 4.69) is 25.8 Å². The number of alkyl halides is 3. The van der Waals surface area contributed by atoms with Gasteiger partial charge >= 0.3 is 11.6 Å². The third-order valence-electron chi connectivity index (χ3n) is 4.45. The standard InChI is InChI=1S/C20H15BrF3N3O2S/c1-12-4-7-15(8-5-12)30(28,29)19(25-3)16-10-14(21)6-9-17(16)27-11-18(20(22,23)24)26-13(27)2/h4-11,19H,1-2H3. The van der Waals surface area contributed by atoms with Gasteiger partial charge < -0.3 is 4.57 Å². The van der Waals surface area contributed by atoms with Crippen LogP contribution in [0.4, 0.5) is 13.2 Å². The normalized spacial score (nSPS) is 13.1. The number of hydrogen-bond donors (Lipinski definition) is 0. The van der Waals surface area contributed by atoms with Gasteiger partial charge in [-0.05, 0) is 44.2 Å². The van der Waals surface area contributed by atoms with E-state index < -0.39 is 27.1 Å². The second-order valence-electron chi connectivity index (χ2n) is 6.58. The van der Waals surface area contributed by atoms with E-state index in [1.165, 1.54) is 31.2 Å². The number of rotatable bonds is 4. The van der Waals surface area contributed by atoms with Crippen molar-refractivity contribution in [3.8, 4) is 5.69 Å². The molecule has 0 aliphatic heterocycles. The molecule has 0 bridgehead atoms. The summed E-state index contributed by atoms with van der Waals surface area (Å²) in [5.41, 5.74) is -0.0654. The molecule has 0 aliphatic rings. The van der Waals surface area contributed by atoms with Crippen molar-refractivity contribution in [2.45, 2.75) is 30.3 Å². The second-order valence-corrected chi connectivity index (χ2v) is 9.51. The number of imidazole rings is 1. The maximum Gasteiger partial charge on any atom is 0.434 e. The monoisotopic (exact) mass is 497 g/mol. The molecule has 0 fully saturated rings. The molecule has 10 heteroatoms. The van der Waals surface area contributed by atoms with E-state index in [-0.39, 0.29) is 22.0 Å². The Bertz CT molecular complexity index is 1240. The van der Waals surface area contributed by atoms with Crippen LogP contribution in [0, 0.1) is 20.4 Å². The highest BCUT2D eigenvalue weighted by atomic mass is 79.9. The summed E-state index contributed by atoms with van der Waals surface area (Å²) in [6, 6.07) is 10.5. The molecular formula is C20H15BrF3N3O2S. The van der Waals surface area contributed by atoms with Gasteiger partial charge in [0.25, 0.3) is 9.84 Å². The van der Waals surface area contributed by atoms with Crippen LogP contribution >= 0.6 is 15.9 Å². The average Bonchev–Trinajstić information content (AvgIpc) is 3.05. The van der Waals surface area contributed by atoms with Crippen molar-refractivity contribution in [3.05, 3.63) is 87.2 Å². The fourth-order valence-corrected chi connectivity index (χ4v) is 4.77. The van der Waals surface area contributed by atoms with E-state index in [0.717, 1.165) is 16.3 Å². The topological polar surface area (TPSA) is 56.3 Å². The largest absolute Gasteiger partial charge is 0.434 e. The average molecular weight is 498 g/mol. The third kappa shape index (κ3) is 4.13. The van der Waals surface area contributed by atoms with Gasteiger partial charge in [0.05, 0.1) is 16.1 Å². The Hall–Kier alpha value is -2.64. The summed E-state index contributed by atoms with van der Waals surface area (Å²) in [5.74, 6) is 0.0161. The third-order valence-corrected chi connectivity index (χ3v) is 6.82. The minimum absolute atomic E-state index is 0.0161. The van der Waals surface area contributed by atoms with Crippen molar-refractivity contribution in [2.75, 3.05) is 0 Å². The van der Waals surface area contributed by atoms with Crippen molar-refractivity contribution < 1.29 is 21.6 Å². The van der Waals surface area contributed by atoms with Crippen LogP contribution in [0.3, 0.4) is 0 Å². The summed E-state index contributed by atoms with van der Waals surface area (Å²) in [6.45, 7) is 10.7. The molecule has 5 nitrogen and oxygen atoms in total. The number of aromatic nitrogens is 2. The number of halogens is 4. The number of benzene rings is 2. The molecule has 1 heterocycles. The lowest BCUT2D eigenvalue weighted by atomic mass is 10.1. The highest BCUT2D eigenvalue weighted by Crippen LogP contribution is 2.37. The van der Waals surface area contributed by atoms with E-state index in [4.69, 9.17) is 6.57 Å². The quantitative estimate of drug-likeness (QED) is 0.436. The summed E-state index contributed by atoms with van der Waals surface area (Å²) in [5, 5.41) is -1.65. The van der Waals surface area contributed by atoms with Crippen LogP contribution in [0.25, 0.3) is 10.5 Å². The highest BCUT2D eigenvalue weighted by molar-refractivity contribution is 9.10. The first kappa shape index (κ1) is 22.1. The van der Waals surface area contributed by atoms with Crippen LogP contribution in [0.1, 0.15) is 28.0 Å². The molecule has 0 saturated heterocycles. The van der Waals surface area contributed by atoms with Crippen LogP contribution in [-0.4, -0.2) is 18.0 Å². The number of aryl methyl sites for hydroxylation is 2. The summed E-state index contributed by atoms with van der Waals surface area (Å²) < 4.78 is 67.3. The van der Waals surface area contributed by atoms with Crippen LogP contribution in [0.5, 0.6) is 0 Å². The lowest BCUT2D eigenvalue weighted by Crippen LogP contribution is -2.14. The Labute approximate surface area is 180 Å². The van der Waals surface area contributed by atoms with Gasteiger partial charge in [-0.1, -0.05) is 33.6 Å². The minimum Gasteiger partial charge on any atom is -0.303 e. The summed E-state index contributed by atoms with van der Waals surface area (Å²) in [7, 11) is -4.13. The fourth-order valence-electron chi connectivity index (χ4n) is 2.96. The smallest absolute Gasteiger partial charge is 0.303 e. The van der Waals surface area contributed by atoms with Crippen LogP contribution < -0.4 is 0 Å². The molecule has 1 aromatic heterocycles. The van der Waals surface area contributed by atoms with Gasteiger partial charge in [0, 0.05) is 10.7 Å². The molecule has 0 aliphatic carbocycles. The molecule has 0 saturated carbocycles. The maximum atomic E-state index is 13.2. The zero-order valence-electron chi connectivity index (χ0n) is 15.8. The Morgan fingerprint density at radius 2 is 1.77 bits per heavy atom. The predicted molar refractivity (Wildman–Crippen MR) is 109 cm³/mol. The van der Waals surface area contributed by atoms with Crippen molar-refractivity contribution >= 4 is 25.8 Å². The van der Waals surface area contributed by atoms with E-state index in [9.17, 15) is 21.6 Å². The molecule has 3 rings (SSSR count). The molecule has 0 radical (unpaired) electrons. The number of hydrogen-bond acceptors (Lipinski definition) is 3. The molecule has 1 atom stereocenters. The van der Waals surface area contributed by atoms with Gasteiger partial charge in [-0.25, -0.2) is 20.0 Å². The van der Waals surface area contributed by atoms with Gasteiger partial charge in [0.15, 0.2) is 5.69 Å². The number of nitrogens with zero attached hydrogens (tertiary/aromatic N) is 3. The van der Waals surface area contributed by atoms with Crippen molar-refractivity contribution in [1.82, 2.24) is 9.55 Å². The number of sulfone groups is 1. The van der Waals surface area contributed by atoms with Crippen molar-refractivity contribution in [1.29, 1.82) is 0 Å². The van der Waals surface area contributed by atoms with Crippen LogP contribution in [0.2, 0.25) is 0 Å². The fraction of sp³-hybridized carbons (Fsp3) is 0.200. The van der Waals surface area contributed by atoms with Crippen LogP contribution in [0.15, 0.2) is 58.0 Å². The van der Waals surface area contributed by atoms with Gasteiger partial charge in [0.2, 0.25) is 0 Å². The zero-order chi connectivity index (χ0) is 22.3. The van der Waals surface area contributed by atoms with Gasteiger partial charge in [0.1, 0.15) is 5.82 Å². The lowest BCUT2D eigenvalue weighted by Gasteiger charge is -2.15. The predicted octanol–water partition coefficient (Wildman–Crippen LogP) is 5.66. The lowest BCUT2D eigenvalue weighted by molar-refractivity contribution is -0.141. The first-order chi connectivity index (χ1) is 13.9. The minimum atomic E-state index is -4.65. The second kappa shape index (κ2) is 7.89. The van der Waals surface area contributed by atoms with Crippen molar-refractivity contribution in [2.24, 2.45) is 0 Å². The van der Waals surface area contributed by atoms with E-state index in [1.54, 1.807) is 25.1 Å². The molecule has 0 N–H and O–H groups in total. The Morgan fingerprint density at radius 1 is 1.13 bits per heavy atom. The first-order valence-corrected chi connectivity index (χ1v) is 10.9. The maximum absolute atomic E-state index is 13.2. The van der Waals surface area contributed by atoms with E-state index in [1.807, 2.05) is 0 Å². The molecular weight excluding hydrogens is 483 g/mol. The molecule has 2 aromatic carbocycles. The van der Waals surface area contributed by atoms with Crippen molar-refractivity contribution in [3.63, 3.8) is 0 Å². The highest BCUT2D eigenvalue weighted by Gasteiger charge is 2.38. The Kier molecular flexibility index (Phi) is 5.80. The zero-order valence-corrected chi connectivity index (χ0v) is 18.2. The molecule has 156 valence electrons. The van der Waals surface area contributed by atoms with Gasteiger partial charge in [-0.3, -0.25) is 4.85 Å². The van der Waals surface area contributed by atoms with Gasteiger partial charge in [-0.2, -0.15) is 13.2 Å². The van der Waals surface area contributed by atoms with E-state index >= 15 is 0 Å². The van der Waals surface area contributed by atoms with Crippen LogP contribution in [-0.2, 0) is 16.0 Å². The summed E-state index contributed by atoms with van der Waals surface area (Å²) in [4.78, 5) is 6.82. The molecule has 0 spiro atoms. The van der Waals surface area contributed by atoms with E-state index in [0.29, 0.717) is 4.47 Å². The molecule has 3 aromatic rings. The Morgan fingerprint density at radius 3 is 2.30 bits per heavy atom.